The molecule has 3 rings (SSSR count). The molecule has 2 heterocycles. The Morgan fingerprint density at radius 2 is 1.57 bits per heavy atom. The molecule has 0 radical (unpaired) electrons. The van der Waals surface area contributed by atoms with E-state index in [-0.39, 0.29) is 28.8 Å². The number of anilines is 1. The van der Waals surface area contributed by atoms with Crippen LogP contribution in [-0.4, -0.2) is 32.1 Å². The molecule has 2 aromatic rings. The first-order valence-corrected chi connectivity index (χ1v) is 10.1. The van der Waals surface area contributed by atoms with E-state index in [0.29, 0.717) is 17.3 Å². The zero-order chi connectivity index (χ0) is 20.7. The Bertz CT molecular complexity index is 834. The van der Waals surface area contributed by atoms with Crippen molar-refractivity contribution in [2.24, 2.45) is 0 Å². The van der Waals surface area contributed by atoms with Crippen LogP contribution in [-0.2, 0) is 3.79 Å². The molecule has 1 aromatic heterocycles. The number of aromatic nitrogens is 3. The molecular formula is C19H23Cl3FN5. The minimum absolute atomic E-state index is 0.0155. The number of piperidine rings is 1. The first-order valence-electron chi connectivity index (χ1n) is 8.98. The van der Waals surface area contributed by atoms with Crippen LogP contribution in [0.2, 0.25) is 0 Å². The van der Waals surface area contributed by atoms with Gasteiger partial charge >= 0.3 is 0 Å². The van der Waals surface area contributed by atoms with Crippen molar-refractivity contribution in [2.45, 2.75) is 61.4 Å². The van der Waals surface area contributed by atoms with Crippen LogP contribution >= 0.6 is 34.8 Å². The van der Waals surface area contributed by atoms with E-state index in [1.54, 1.807) is 12.1 Å². The molecule has 1 aromatic carbocycles. The lowest BCUT2D eigenvalue weighted by molar-refractivity contribution is 0.170. The van der Waals surface area contributed by atoms with Crippen LogP contribution in [0, 0.1) is 5.82 Å². The van der Waals surface area contributed by atoms with Gasteiger partial charge in [-0.3, -0.25) is 0 Å². The van der Waals surface area contributed by atoms with E-state index in [0.717, 1.165) is 12.8 Å². The highest BCUT2D eigenvalue weighted by Crippen LogP contribution is 2.37. The van der Waals surface area contributed by atoms with Gasteiger partial charge in [0.05, 0.1) is 0 Å². The molecule has 1 fully saturated rings. The van der Waals surface area contributed by atoms with Crippen LogP contribution in [0.4, 0.5) is 10.3 Å². The van der Waals surface area contributed by atoms with Gasteiger partial charge in [-0.2, -0.15) is 9.97 Å². The second-order valence-corrected chi connectivity index (χ2v) is 10.7. The number of hydrogen-bond donors (Lipinski definition) is 2. The number of rotatable bonds is 3. The molecule has 0 bridgehead atoms. The van der Waals surface area contributed by atoms with E-state index in [9.17, 15) is 4.39 Å². The fourth-order valence-electron chi connectivity index (χ4n) is 3.90. The number of hydrogen-bond acceptors (Lipinski definition) is 5. The van der Waals surface area contributed by atoms with Gasteiger partial charge in [-0.1, -0.05) is 34.8 Å². The van der Waals surface area contributed by atoms with E-state index in [1.807, 2.05) is 0 Å². The third-order valence-electron chi connectivity index (χ3n) is 4.51. The monoisotopic (exact) mass is 445 g/mol. The SMILES string of the molecule is CC1(C)CC(Nc2nc(-c3ccc(F)cc3)nc(C(Cl)(Cl)Cl)n2)CC(C)(C)N1. The summed E-state index contributed by atoms with van der Waals surface area (Å²) in [4.78, 5) is 13.1. The van der Waals surface area contributed by atoms with Crippen molar-refractivity contribution >= 4 is 40.8 Å². The van der Waals surface area contributed by atoms with Gasteiger partial charge in [0.15, 0.2) is 11.6 Å². The highest BCUT2D eigenvalue weighted by atomic mass is 35.6. The van der Waals surface area contributed by atoms with E-state index in [1.165, 1.54) is 12.1 Å². The molecule has 1 saturated heterocycles. The summed E-state index contributed by atoms with van der Waals surface area (Å²) < 4.78 is 11.5. The van der Waals surface area contributed by atoms with Gasteiger partial charge in [-0.15, -0.1) is 0 Å². The van der Waals surface area contributed by atoms with Crippen LogP contribution in [0.3, 0.4) is 0 Å². The summed E-state index contributed by atoms with van der Waals surface area (Å²) in [5.41, 5.74) is 0.502. The maximum atomic E-state index is 13.3. The molecule has 0 amide bonds. The van der Waals surface area contributed by atoms with Crippen molar-refractivity contribution in [1.82, 2.24) is 20.3 Å². The Kier molecular flexibility index (Phi) is 5.80. The second-order valence-electron chi connectivity index (χ2n) is 8.45. The largest absolute Gasteiger partial charge is 0.351 e. The molecule has 1 aliphatic heterocycles. The molecule has 152 valence electrons. The van der Waals surface area contributed by atoms with Crippen LogP contribution in [0.15, 0.2) is 24.3 Å². The minimum atomic E-state index is -1.80. The van der Waals surface area contributed by atoms with Gasteiger partial charge in [-0.25, -0.2) is 9.37 Å². The van der Waals surface area contributed by atoms with E-state index >= 15 is 0 Å². The molecule has 5 nitrogen and oxygen atoms in total. The van der Waals surface area contributed by atoms with Crippen molar-refractivity contribution < 1.29 is 4.39 Å². The zero-order valence-electron chi connectivity index (χ0n) is 16.2. The quantitative estimate of drug-likeness (QED) is 0.632. The first-order chi connectivity index (χ1) is 12.8. The van der Waals surface area contributed by atoms with Crippen molar-refractivity contribution in [3.8, 4) is 11.4 Å². The third kappa shape index (κ3) is 5.44. The maximum absolute atomic E-state index is 13.3. The van der Waals surface area contributed by atoms with Crippen molar-refractivity contribution in [1.29, 1.82) is 0 Å². The predicted octanol–water partition coefficient (Wildman–Crippen LogP) is 5.23. The normalized spacial score (nSPS) is 19.4. The van der Waals surface area contributed by atoms with Crippen LogP contribution in [0.5, 0.6) is 0 Å². The molecule has 1 aliphatic rings. The number of alkyl halides is 3. The molecule has 0 aliphatic carbocycles. The highest BCUT2D eigenvalue weighted by Gasteiger charge is 2.38. The molecule has 9 heteroatoms. The Hall–Kier alpha value is -1.21. The maximum Gasteiger partial charge on any atom is 0.250 e. The Morgan fingerprint density at radius 1 is 1.00 bits per heavy atom. The average Bonchev–Trinajstić information content (AvgIpc) is 2.51. The lowest BCUT2D eigenvalue weighted by Crippen LogP contribution is -2.60. The van der Waals surface area contributed by atoms with Gasteiger partial charge < -0.3 is 10.6 Å². The summed E-state index contributed by atoms with van der Waals surface area (Å²) in [6.45, 7) is 8.64. The lowest BCUT2D eigenvalue weighted by Gasteiger charge is -2.46. The fourth-order valence-corrected chi connectivity index (χ4v) is 4.16. The first kappa shape index (κ1) is 21.5. The fraction of sp³-hybridized carbons (Fsp3) is 0.526. The van der Waals surface area contributed by atoms with Gasteiger partial charge in [0, 0.05) is 22.7 Å². The van der Waals surface area contributed by atoms with Crippen LogP contribution in [0.25, 0.3) is 11.4 Å². The third-order valence-corrected chi connectivity index (χ3v) is 5.02. The van der Waals surface area contributed by atoms with Crippen molar-refractivity contribution in [3.63, 3.8) is 0 Å². The number of benzene rings is 1. The smallest absolute Gasteiger partial charge is 0.250 e. The van der Waals surface area contributed by atoms with Crippen LogP contribution < -0.4 is 10.6 Å². The summed E-state index contributed by atoms with van der Waals surface area (Å²) in [7, 11) is 0. The Labute approximate surface area is 179 Å². The standard InChI is InChI=1S/C19H23Cl3FN5/c1-17(2)9-13(10-18(3,4)28-17)24-16-26-14(11-5-7-12(23)8-6-11)25-15(27-16)19(20,21)22/h5-8,13,28H,9-10H2,1-4H3,(H,24,25,26,27). The minimum Gasteiger partial charge on any atom is -0.351 e. The van der Waals surface area contributed by atoms with Gasteiger partial charge in [0.25, 0.3) is 0 Å². The van der Waals surface area contributed by atoms with Crippen molar-refractivity contribution in [2.75, 3.05) is 5.32 Å². The summed E-state index contributed by atoms with van der Waals surface area (Å²) in [5.74, 6) is 0.305. The van der Waals surface area contributed by atoms with E-state index in [4.69, 9.17) is 34.8 Å². The summed E-state index contributed by atoms with van der Waals surface area (Å²) >= 11 is 18.1. The molecule has 28 heavy (non-hydrogen) atoms. The Morgan fingerprint density at radius 3 is 2.11 bits per heavy atom. The van der Waals surface area contributed by atoms with Gasteiger partial charge in [0.1, 0.15) is 5.82 Å². The molecule has 0 spiro atoms. The van der Waals surface area contributed by atoms with Crippen LogP contribution in [0.1, 0.15) is 46.4 Å². The average molecular weight is 447 g/mol. The molecule has 0 atom stereocenters. The molecule has 0 saturated carbocycles. The number of nitrogens with zero attached hydrogens (tertiary/aromatic N) is 3. The Balaban J connectivity index is 1.96. The van der Waals surface area contributed by atoms with Gasteiger partial charge in [0.2, 0.25) is 9.74 Å². The summed E-state index contributed by atoms with van der Waals surface area (Å²) in [5, 5.41) is 7.01. The second kappa shape index (κ2) is 7.56. The summed E-state index contributed by atoms with van der Waals surface area (Å²) in [6, 6.07) is 5.94. The number of nitrogens with one attached hydrogen (secondary N) is 2. The highest BCUT2D eigenvalue weighted by molar-refractivity contribution is 6.66. The summed E-state index contributed by atoms with van der Waals surface area (Å²) in [6.07, 6.45) is 1.74. The predicted molar refractivity (Wildman–Crippen MR) is 112 cm³/mol. The number of halogens is 4. The van der Waals surface area contributed by atoms with Crippen molar-refractivity contribution in [3.05, 3.63) is 35.9 Å². The molecule has 2 N–H and O–H groups in total. The van der Waals surface area contributed by atoms with E-state index in [2.05, 4.69) is 53.3 Å². The molecule has 0 unspecified atom stereocenters. The zero-order valence-corrected chi connectivity index (χ0v) is 18.4. The van der Waals surface area contributed by atoms with Gasteiger partial charge in [-0.05, 0) is 64.8 Å². The van der Waals surface area contributed by atoms with E-state index < -0.39 is 3.79 Å². The topological polar surface area (TPSA) is 62.7 Å². The molecular weight excluding hydrogens is 424 g/mol. The lowest BCUT2D eigenvalue weighted by atomic mass is 9.80.